The second-order valence-corrected chi connectivity index (χ2v) is 7.24. The van der Waals surface area contributed by atoms with Gasteiger partial charge in [-0.3, -0.25) is 0 Å². The molecule has 0 aromatic rings. The quantitative estimate of drug-likeness (QED) is 0.504. The Bertz CT molecular complexity index is 260. The number of hydrogen-bond donors (Lipinski definition) is 2. The van der Waals surface area contributed by atoms with E-state index < -0.39 is 30.8 Å². The Balaban J connectivity index is 2.76. The Labute approximate surface area is 95.3 Å². The average Bonchev–Trinajstić information content (AvgIpc) is 2.39. The molecule has 5 nitrogen and oxygen atoms in total. The highest BCUT2D eigenvalue weighted by molar-refractivity contribution is 8.09. The predicted octanol–water partition coefficient (Wildman–Crippen LogP) is -0.796. The lowest BCUT2D eigenvalue weighted by molar-refractivity contribution is -0.000234. The zero-order chi connectivity index (χ0) is 11.6. The highest BCUT2D eigenvalue weighted by Crippen LogP contribution is 2.42. The summed E-state index contributed by atoms with van der Waals surface area (Å²) in [6.45, 7) is -1.67. The summed E-state index contributed by atoms with van der Waals surface area (Å²) in [5.74, 6) is 0. The van der Waals surface area contributed by atoms with E-state index in [0.29, 0.717) is 0 Å². The Kier molecular flexibility index (Phi) is 4.73. The zero-order valence-corrected chi connectivity index (χ0v) is 10.3. The number of aliphatic hydroxyl groups excluding tert-OH is 1. The lowest BCUT2D eigenvalue weighted by Gasteiger charge is -2.24. The van der Waals surface area contributed by atoms with Crippen molar-refractivity contribution in [2.45, 2.75) is 24.3 Å². The second-order valence-electron chi connectivity index (χ2n) is 3.40. The molecule has 86 valence electrons. The Morgan fingerprint density at radius 3 is 2.53 bits per heavy atom. The van der Waals surface area contributed by atoms with Gasteiger partial charge in [0.1, 0.15) is 26.2 Å². The lowest BCUT2D eigenvalue weighted by atomic mass is 9.93. The molecule has 2 N–H and O–H groups in total. The molecule has 5 atom stereocenters. The first-order valence-corrected chi connectivity index (χ1v) is 7.54. The molecule has 8 heteroatoms. The minimum atomic E-state index is -2.84. The maximum absolute atomic E-state index is 9.46. The summed E-state index contributed by atoms with van der Waals surface area (Å²) in [6.07, 6.45) is -1.77. The van der Waals surface area contributed by atoms with Crippen molar-refractivity contribution >= 4 is 26.1 Å². The van der Waals surface area contributed by atoms with E-state index in [1.165, 1.54) is 13.8 Å². The van der Waals surface area contributed by atoms with Crippen LogP contribution in [-0.2, 0) is 25.8 Å². The number of hydrogen-bond acceptors (Lipinski definition) is 5. The molecule has 0 saturated carbocycles. The van der Waals surface area contributed by atoms with E-state index in [0.717, 1.165) is 0 Å². The summed E-state index contributed by atoms with van der Waals surface area (Å²) in [4.78, 5) is 9.46. The normalized spacial score (nSPS) is 40.3. The van der Waals surface area contributed by atoms with Crippen molar-refractivity contribution in [2.75, 3.05) is 20.4 Å². The van der Waals surface area contributed by atoms with Crippen LogP contribution in [0.5, 0.6) is 0 Å². The van der Waals surface area contributed by atoms with E-state index in [-0.39, 0.29) is 6.61 Å². The van der Waals surface area contributed by atoms with Crippen LogP contribution in [-0.4, -0.2) is 62.5 Å². The fourth-order valence-electron chi connectivity index (χ4n) is 1.52. The molecule has 1 saturated heterocycles. The van der Waals surface area contributed by atoms with Gasteiger partial charge in [-0.2, -0.15) is 0 Å². The Morgan fingerprint density at radius 1 is 1.53 bits per heavy atom. The van der Waals surface area contributed by atoms with E-state index in [1.807, 2.05) is 0 Å². The van der Waals surface area contributed by atoms with E-state index >= 15 is 0 Å². The number of aliphatic hydroxyl groups is 1. The second kappa shape index (κ2) is 5.23. The fraction of sp³-hybridized carbons (Fsp3) is 1.00. The number of rotatable bonds is 4. The van der Waals surface area contributed by atoms with Gasteiger partial charge >= 0.3 is 0 Å². The van der Waals surface area contributed by atoms with E-state index in [1.54, 1.807) is 0 Å². The van der Waals surface area contributed by atoms with E-state index in [2.05, 4.69) is 0 Å². The molecule has 15 heavy (non-hydrogen) atoms. The predicted molar refractivity (Wildman–Crippen MR) is 59.6 cm³/mol. The third-order valence-corrected chi connectivity index (χ3v) is 3.01. The van der Waals surface area contributed by atoms with Crippen LogP contribution in [0.25, 0.3) is 0 Å². The lowest BCUT2D eigenvalue weighted by Crippen LogP contribution is -2.37. The molecule has 1 aliphatic heterocycles. The van der Waals surface area contributed by atoms with E-state index in [9.17, 15) is 4.89 Å². The number of methoxy groups -OCH3 is 1. The fourth-order valence-corrected chi connectivity index (χ4v) is 2.53. The molecule has 5 unspecified atom stereocenters. The Hall–Kier alpha value is 0.515. The first kappa shape index (κ1) is 13.6. The monoisotopic (exact) mass is 252 g/mol. The SMILES string of the molecule is [B]C1OC(CO)C(OP(C)(O)=S)C1OC. The van der Waals surface area contributed by atoms with Gasteiger partial charge in [0.15, 0.2) is 6.49 Å². The van der Waals surface area contributed by atoms with Crippen LogP contribution in [0.3, 0.4) is 0 Å². The highest BCUT2D eigenvalue weighted by Gasteiger charge is 2.44. The molecule has 0 spiro atoms. The van der Waals surface area contributed by atoms with Gasteiger partial charge in [-0.1, -0.05) is 0 Å². The van der Waals surface area contributed by atoms with Gasteiger partial charge in [-0.25, -0.2) is 0 Å². The van der Waals surface area contributed by atoms with Crippen LogP contribution in [0.2, 0.25) is 0 Å². The van der Waals surface area contributed by atoms with E-state index in [4.69, 9.17) is 38.8 Å². The van der Waals surface area contributed by atoms with Crippen LogP contribution < -0.4 is 0 Å². The van der Waals surface area contributed by atoms with Crippen molar-refractivity contribution in [3.05, 3.63) is 0 Å². The summed E-state index contributed by atoms with van der Waals surface area (Å²) in [6, 6.07) is -0.682. The topological polar surface area (TPSA) is 68.2 Å². The van der Waals surface area contributed by atoms with Crippen molar-refractivity contribution in [3.63, 3.8) is 0 Å². The molecule has 1 aliphatic rings. The minimum absolute atomic E-state index is 0.256. The van der Waals surface area contributed by atoms with Gasteiger partial charge in [-0.05, 0) is 11.8 Å². The minimum Gasteiger partial charge on any atom is -0.394 e. The maximum Gasteiger partial charge on any atom is 0.183 e. The average molecular weight is 252 g/mol. The van der Waals surface area contributed by atoms with Crippen molar-refractivity contribution in [2.24, 2.45) is 0 Å². The van der Waals surface area contributed by atoms with Crippen LogP contribution in [0.1, 0.15) is 0 Å². The van der Waals surface area contributed by atoms with Gasteiger partial charge < -0.3 is 24.0 Å². The molecule has 1 heterocycles. The summed E-state index contributed by atoms with van der Waals surface area (Å²) >= 11 is 4.77. The maximum atomic E-state index is 9.46. The standard InChI is InChI=1S/C7H14BO5PS/c1-11-6-5(13-14(2,10)15)4(3-9)12-7(6)8/h4-7,9H,3H2,1-2H3,(H,10,15). The number of ether oxygens (including phenoxy) is 2. The van der Waals surface area contributed by atoms with Crippen molar-refractivity contribution in [1.29, 1.82) is 0 Å². The van der Waals surface area contributed by atoms with Crippen molar-refractivity contribution in [3.8, 4) is 0 Å². The summed E-state index contributed by atoms with van der Waals surface area (Å²) in [5.41, 5.74) is 0. The molecule has 2 radical (unpaired) electrons. The van der Waals surface area contributed by atoms with Gasteiger partial charge in [0.2, 0.25) is 0 Å². The molecule has 0 amide bonds. The van der Waals surface area contributed by atoms with Crippen LogP contribution in [0.15, 0.2) is 0 Å². The van der Waals surface area contributed by atoms with Gasteiger partial charge in [0, 0.05) is 19.8 Å². The largest absolute Gasteiger partial charge is 0.394 e. The molecule has 0 bridgehead atoms. The third-order valence-electron chi connectivity index (χ3n) is 2.12. The van der Waals surface area contributed by atoms with Crippen LogP contribution in [0.4, 0.5) is 0 Å². The molecule has 1 fully saturated rings. The third kappa shape index (κ3) is 3.49. The van der Waals surface area contributed by atoms with Crippen molar-refractivity contribution in [1.82, 2.24) is 0 Å². The molecule has 1 rings (SSSR count). The van der Waals surface area contributed by atoms with Crippen molar-refractivity contribution < 1.29 is 24.0 Å². The summed E-state index contributed by atoms with van der Waals surface area (Å²) < 4.78 is 15.6. The molecule has 0 aliphatic carbocycles. The van der Waals surface area contributed by atoms with Crippen LogP contribution in [0, 0.1) is 0 Å². The Morgan fingerprint density at radius 2 is 2.13 bits per heavy atom. The zero-order valence-electron chi connectivity index (χ0n) is 8.57. The first-order valence-electron chi connectivity index (χ1n) is 4.42. The first-order chi connectivity index (χ1) is 6.89. The van der Waals surface area contributed by atoms with Gasteiger partial charge in [0.25, 0.3) is 0 Å². The summed E-state index contributed by atoms with van der Waals surface area (Å²) in [7, 11) is 7.08. The van der Waals surface area contributed by atoms with Gasteiger partial charge in [0.05, 0.1) is 6.61 Å². The molecular formula is C7H14BO5PS. The molecular weight excluding hydrogens is 238 g/mol. The van der Waals surface area contributed by atoms with Gasteiger partial charge in [-0.15, -0.1) is 0 Å². The molecule has 0 aromatic carbocycles. The van der Waals surface area contributed by atoms with Crippen LogP contribution >= 0.6 is 6.49 Å². The summed E-state index contributed by atoms with van der Waals surface area (Å²) in [5, 5.41) is 9.04. The smallest absolute Gasteiger partial charge is 0.183 e. The highest BCUT2D eigenvalue weighted by atomic mass is 32.5. The molecule has 0 aromatic heterocycles.